The van der Waals surface area contributed by atoms with Crippen molar-refractivity contribution < 1.29 is 4.39 Å². The summed E-state index contributed by atoms with van der Waals surface area (Å²) in [6.45, 7) is 21.7. The molecule has 1 aromatic heterocycles. The molecule has 1 N–H and O–H groups in total. The van der Waals surface area contributed by atoms with Gasteiger partial charge in [-0.3, -0.25) is 0 Å². The van der Waals surface area contributed by atoms with Gasteiger partial charge in [-0.2, -0.15) is 0 Å². The third-order valence-corrected chi connectivity index (χ3v) is 7.69. The van der Waals surface area contributed by atoms with Gasteiger partial charge in [-0.25, -0.2) is 4.39 Å². The van der Waals surface area contributed by atoms with E-state index in [0.29, 0.717) is 12.0 Å². The third kappa shape index (κ3) is 9.34. The Morgan fingerprint density at radius 1 is 0.786 bits per heavy atom. The summed E-state index contributed by atoms with van der Waals surface area (Å²) in [5.41, 5.74) is 8.30. The third-order valence-electron chi connectivity index (χ3n) is 7.69. The van der Waals surface area contributed by atoms with Crippen molar-refractivity contribution in [2.45, 2.75) is 66.3 Å². The monoisotopic (exact) mass is 566 g/mol. The van der Waals surface area contributed by atoms with E-state index in [0.717, 1.165) is 35.7 Å². The summed E-state index contributed by atoms with van der Waals surface area (Å²) in [5, 5.41) is 3.03. The Kier molecular flexibility index (Phi) is 14.6. The van der Waals surface area contributed by atoms with E-state index in [-0.39, 0.29) is 5.82 Å². The van der Waals surface area contributed by atoms with E-state index in [1.54, 1.807) is 12.1 Å². The number of benzene rings is 3. The Hall–Kier alpha value is -3.85. The van der Waals surface area contributed by atoms with Crippen molar-refractivity contribution in [3.63, 3.8) is 0 Å². The van der Waals surface area contributed by atoms with Gasteiger partial charge in [0.05, 0.1) is 0 Å². The Balaban J connectivity index is 0.000000525. The smallest absolute Gasteiger partial charge is 0.123 e. The standard InChI is InChI=1S/C30H38FN.C7H9N.C2H4/c1-7-22(5)20-23(6)14-19-28-30(25-15-17-26(31)18-16-25)29(24-12-10-9-11-13-24)27(8-2)32(28)21(3)4;1-8-7-5-3-2-4-6-7;1-2/h8-13,15-18,21-23H,2,7,14,19-20H2,1,3-6H3;2-6,8H,1H3;1-2H2. The van der Waals surface area contributed by atoms with Crippen molar-refractivity contribution in [2.24, 2.45) is 11.8 Å². The van der Waals surface area contributed by atoms with Gasteiger partial charge in [0.1, 0.15) is 5.82 Å². The average molecular weight is 567 g/mol. The Labute approximate surface area is 255 Å². The molecular weight excluding hydrogens is 515 g/mol. The van der Waals surface area contributed by atoms with Gasteiger partial charge in [-0.15, -0.1) is 13.2 Å². The zero-order valence-corrected chi connectivity index (χ0v) is 26.7. The van der Waals surface area contributed by atoms with E-state index in [1.165, 1.54) is 35.2 Å². The van der Waals surface area contributed by atoms with Gasteiger partial charge in [-0.1, -0.05) is 94.4 Å². The maximum Gasteiger partial charge on any atom is 0.123 e. The molecule has 224 valence electrons. The van der Waals surface area contributed by atoms with E-state index >= 15 is 0 Å². The summed E-state index contributed by atoms with van der Waals surface area (Å²) in [6.07, 6.45) is 6.61. The molecule has 0 aliphatic rings. The molecule has 0 amide bonds. The average Bonchev–Trinajstić information content (AvgIpc) is 3.37. The molecule has 2 unspecified atom stereocenters. The van der Waals surface area contributed by atoms with Crippen molar-refractivity contribution in [3.8, 4) is 22.3 Å². The number of halogens is 1. The summed E-state index contributed by atoms with van der Waals surface area (Å²) in [6, 6.07) is 27.9. The summed E-state index contributed by atoms with van der Waals surface area (Å²) in [4.78, 5) is 0. The molecule has 0 saturated carbocycles. The number of anilines is 1. The predicted molar refractivity (Wildman–Crippen MR) is 185 cm³/mol. The van der Waals surface area contributed by atoms with Gasteiger partial charge in [0.15, 0.2) is 0 Å². The molecule has 4 aromatic rings. The maximum absolute atomic E-state index is 13.8. The first-order valence-corrected chi connectivity index (χ1v) is 15.2. The van der Waals surface area contributed by atoms with Crippen LogP contribution in [0.1, 0.15) is 71.3 Å². The topological polar surface area (TPSA) is 17.0 Å². The summed E-state index contributed by atoms with van der Waals surface area (Å²) in [7, 11) is 1.91. The normalized spacial score (nSPS) is 11.9. The van der Waals surface area contributed by atoms with Gasteiger partial charge >= 0.3 is 0 Å². The van der Waals surface area contributed by atoms with E-state index in [1.807, 2.05) is 61.7 Å². The molecule has 0 spiro atoms. The highest BCUT2D eigenvalue weighted by atomic mass is 19.1. The van der Waals surface area contributed by atoms with Crippen molar-refractivity contribution in [2.75, 3.05) is 12.4 Å². The molecule has 0 aliphatic carbocycles. The fourth-order valence-corrected chi connectivity index (χ4v) is 5.48. The van der Waals surface area contributed by atoms with Crippen LogP contribution in [-0.2, 0) is 6.42 Å². The first-order valence-electron chi connectivity index (χ1n) is 15.2. The molecule has 0 aliphatic heterocycles. The fraction of sp³-hybridized carbons (Fsp3) is 0.333. The van der Waals surface area contributed by atoms with E-state index in [9.17, 15) is 4.39 Å². The van der Waals surface area contributed by atoms with Crippen LogP contribution < -0.4 is 5.32 Å². The molecule has 2 atom stereocenters. The fourth-order valence-electron chi connectivity index (χ4n) is 5.48. The summed E-state index contributed by atoms with van der Waals surface area (Å²) in [5.74, 6) is 1.21. The molecule has 42 heavy (non-hydrogen) atoms. The molecule has 0 fully saturated rings. The first-order chi connectivity index (χ1) is 20.3. The molecule has 3 heteroatoms. The lowest BCUT2D eigenvalue weighted by atomic mass is 9.89. The number of nitrogens with one attached hydrogen (secondary N) is 1. The second-order valence-electron chi connectivity index (χ2n) is 11.1. The summed E-state index contributed by atoms with van der Waals surface area (Å²) < 4.78 is 16.2. The largest absolute Gasteiger partial charge is 0.388 e. The lowest BCUT2D eigenvalue weighted by Crippen LogP contribution is -2.10. The second kappa shape index (κ2) is 17.9. The Bertz CT molecular complexity index is 1320. The lowest BCUT2D eigenvalue weighted by Gasteiger charge is -2.20. The van der Waals surface area contributed by atoms with E-state index in [2.05, 4.69) is 88.5 Å². The SMILES string of the molecule is C=C.C=Cc1c(-c2ccccc2)c(-c2ccc(F)cc2)c(CCC(C)CC(C)CC)n1C(C)C.CNc1ccccc1. The lowest BCUT2D eigenvalue weighted by molar-refractivity contribution is 0.383. The highest BCUT2D eigenvalue weighted by Crippen LogP contribution is 2.43. The predicted octanol–water partition coefficient (Wildman–Crippen LogP) is 11.7. The van der Waals surface area contributed by atoms with Gasteiger partial charge in [-0.05, 0) is 86.4 Å². The minimum atomic E-state index is -0.203. The van der Waals surface area contributed by atoms with Gasteiger partial charge in [0.25, 0.3) is 0 Å². The molecule has 3 aromatic carbocycles. The Morgan fingerprint density at radius 2 is 1.33 bits per heavy atom. The molecule has 0 saturated heterocycles. The van der Waals surface area contributed by atoms with Crippen LogP contribution in [0.3, 0.4) is 0 Å². The molecule has 0 radical (unpaired) electrons. The van der Waals surface area contributed by atoms with Crippen molar-refractivity contribution in [1.82, 2.24) is 4.57 Å². The van der Waals surface area contributed by atoms with Crippen molar-refractivity contribution >= 4 is 11.8 Å². The first kappa shape index (κ1) is 34.4. The van der Waals surface area contributed by atoms with Gasteiger partial charge in [0, 0.05) is 41.3 Å². The van der Waals surface area contributed by atoms with Crippen LogP contribution in [0.15, 0.2) is 105 Å². The highest BCUT2D eigenvalue weighted by Gasteiger charge is 2.25. The minimum absolute atomic E-state index is 0.203. The van der Waals surface area contributed by atoms with Crippen LogP contribution >= 0.6 is 0 Å². The van der Waals surface area contributed by atoms with Gasteiger partial charge < -0.3 is 9.88 Å². The molecule has 4 rings (SSSR count). The Morgan fingerprint density at radius 3 is 1.81 bits per heavy atom. The highest BCUT2D eigenvalue weighted by molar-refractivity contribution is 5.91. The van der Waals surface area contributed by atoms with Crippen LogP contribution in [0.2, 0.25) is 0 Å². The zero-order chi connectivity index (χ0) is 31.1. The minimum Gasteiger partial charge on any atom is -0.388 e. The number of nitrogens with zero attached hydrogens (tertiary/aromatic N) is 1. The number of rotatable bonds is 11. The van der Waals surface area contributed by atoms with Gasteiger partial charge in [0.2, 0.25) is 0 Å². The second-order valence-corrected chi connectivity index (χ2v) is 11.1. The van der Waals surface area contributed by atoms with E-state index < -0.39 is 0 Å². The van der Waals surface area contributed by atoms with Crippen molar-refractivity contribution in [1.29, 1.82) is 0 Å². The van der Waals surface area contributed by atoms with Crippen LogP contribution in [0.4, 0.5) is 10.1 Å². The van der Waals surface area contributed by atoms with Crippen LogP contribution in [0.25, 0.3) is 28.3 Å². The van der Waals surface area contributed by atoms with Crippen LogP contribution in [0.5, 0.6) is 0 Å². The van der Waals surface area contributed by atoms with Crippen LogP contribution in [0, 0.1) is 17.7 Å². The molecule has 0 bridgehead atoms. The maximum atomic E-state index is 13.8. The number of aromatic nitrogens is 1. The quantitative estimate of drug-likeness (QED) is 0.179. The van der Waals surface area contributed by atoms with Crippen LogP contribution in [-0.4, -0.2) is 11.6 Å². The molecule has 1 heterocycles. The summed E-state index contributed by atoms with van der Waals surface area (Å²) >= 11 is 0. The number of para-hydroxylation sites is 1. The number of hydrogen-bond acceptors (Lipinski definition) is 1. The van der Waals surface area contributed by atoms with E-state index in [4.69, 9.17) is 0 Å². The zero-order valence-electron chi connectivity index (χ0n) is 26.7. The molecule has 2 nitrogen and oxygen atoms in total. The number of hydrogen-bond donors (Lipinski definition) is 1. The molecular formula is C39H51FN2. The van der Waals surface area contributed by atoms with Crippen molar-refractivity contribution in [3.05, 3.63) is 122 Å².